The first-order valence-electron chi connectivity index (χ1n) is 15.1. The molecule has 2 aromatic carbocycles. The van der Waals surface area contributed by atoms with E-state index in [1.807, 2.05) is 17.0 Å². The lowest BCUT2D eigenvalue weighted by atomic mass is 9.93. The second-order valence-corrected chi connectivity index (χ2v) is 17.0. The zero-order valence-corrected chi connectivity index (χ0v) is 25.7. The van der Waals surface area contributed by atoms with Gasteiger partial charge in [-0.1, -0.05) is 101 Å². The van der Waals surface area contributed by atoms with Gasteiger partial charge in [-0.15, -0.1) is 0 Å². The molecule has 2 aromatic rings. The third-order valence-electron chi connectivity index (χ3n) is 9.42. The monoisotopic (exact) mass is 551 g/mol. The lowest BCUT2D eigenvalue weighted by Crippen LogP contribution is -2.52. The van der Waals surface area contributed by atoms with Gasteiger partial charge in [-0.25, -0.2) is 0 Å². The van der Waals surface area contributed by atoms with Crippen molar-refractivity contribution in [1.29, 1.82) is 0 Å². The fourth-order valence-electron chi connectivity index (χ4n) is 7.12. The highest BCUT2D eigenvalue weighted by molar-refractivity contribution is 6.91. The molecule has 1 saturated heterocycles. The number of ether oxygens (including phenoxy) is 2. The number of hydrogen-bond donors (Lipinski definition) is 1. The van der Waals surface area contributed by atoms with E-state index in [4.69, 9.17) is 9.47 Å². The van der Waals surface area contributed by atoms with Gasteiger partial charge in [0.05, 0.1) is 46.5 Å². The Bertz CT molecular complexity index is 1070. The van der Waals surface area contributed by atoms with Gasteiger partial charge < -0.3 is 19.5 Å². The van der Waals surface area contributed by atoms with Crippen molar-refractivity contribution in [3.8, 4) is 5.75 Å². The molecule has 0 saturated carbocycles. The predicted molar refractivity (Wildman–Crippen MR) is 161 cm³/mol. The van der Waals surface area contributed by atoms with E-state index in [1.54, 1.807) is 7.11 Å². The largest absolute Gasteiger partial charge is 0.497 e. The number of aliphatic hydroxyl groups excluding tert-OH is 1. The number of amides is 1. The first-order chi connectivity index (χ1) is 18.8. The highest BCUT2D eigenvalue weighted by Gasteiger charge is 2.51. The standard InChI is InChI=1S/C33H49NO4Si/c1-6-7-8-9-10-15-30-24(2)33(39(4,5)29-18-16-28(37-3)17-19-29)31(38-30)21-32(36)34-22-26-14-12-11-13-25(26)20-27(34)23-35/h11-14,16-19,24,27,30-31,33,35H,6-10,15,20-23H2,1-5H3/t24-,27-,30+,31-,33+/m0/s1. The highest BCUT2D eigenvalue weighted by atomic mass is 28.3. The van der Waals surface area contributed by atoms with Crippen LogP contribution in [0.1, 0.15) is 69.9 Å². The summed E-state index contributed by atoms with van der Waals surface area (Å²) in [5.74, 6) is 1.37. The van der Waals surface area contributed by atoms with E-state index in [0.29, 0.717) is 30.8 Å². The molecule has 2 aliphatic rings. The number of unbranched alkanes of at least 4 members (excludes halogenated alkanes) is 4. The molecule has 6 heteroatoms. The first kappa shape index (κ1) is 29.8. The third-order valence-corrected chi connectivity index (χ3v) is 13.8. The summed E-state index contributed by atoms with van der Waals surface area (Å²) in [7, 11) is -0.306. The van der Waals surface area contributed by atoms with Gasteiger partial charge in [0.1, 0.15) is 5.75 Å². The van der Waals surface area contributed by atoms with Crippen LogP contribution in [0.3, 0.4) is 0 Å². The summed E-state index contributed by atoms with van der Waals surface area (Å²) in [6.07, 6.45) is 8.50. The maximum atomic E-state index is 13.9. The molecule has 2 heterocycles. The van der Waals surface area contributed by atoms with Crippen LogP contribution in [0.2, 0.25) is 18.6 Å². The van der Waals surface area contributed by atoms with E-state index < -0.39 is 8.07 Å². The van der Waals surface area contributed by atoms with E-state index >= 15 is 0 Å². The van der Waals surface area contributed by atoms with Crippen molar-refractivity contribution < 1.29 is 19.4 Å². The number of carbonyl (C=O) groups is 1. The molecule has 0 unspecified atom stereocenters. The Balaban J connectivity index is 1.55. The number of hydrogen-bond acceptors (Lipinski definition) is 4. The number of nitrogens with zero attached hydrogens (tertiary/aromatic N) is 1. The highest BCUT2D eigenvalue weighted by Crippen LogP contribution is 2.47. The molecule has 5 nitrogen and oxygen atoms in total. The third kappa shape index (κ3) is 6.78. The Hall–Kier alpha value is -2.15. The maximum absolute atomic E-state index is 13.9. The van der Waals surface area contributed by atoms with Gasteiger partial charge in [-0.2, -0.15) is 0 Å². The number of carbonyl (C=O) groups excluding carboxylic acids is 1. The average molecular weight is 552 g/mol. The van der Waals surface area contributed by atoms with Gasteiger partial charge in [0.2, 0.25) is 5.91 Å². The van der Waals surface area contributed by atoms with Crippen molar-refractivity contribution in [2.75, 3.05) is 13.7 Å². The Morgan fingerprint density at radius 1 is 1.03 bits per heavy atom. The molecule has 0 bridgehead atoms. The molecule has 0 radical (unpaired) electrons. The molecule has 4 rings (SSSR count). The van der Waals surface area contributed by atoms with Gasteiger partial charge in [0.15, 0.2) is 0 Å². The van der Waals surface area contributed by atoms with E-state index in [0.717, 1.165) is 12.2 Å². The van der Waals surface area contributed by atoms with Gasteiger partial charge >= 0.3 is 0 Å². The number of fused-ring (bicyclic) bond motifs is 1. The minimum atomic E-state index is -2.01. The first-order valence-corrected chi connectivity index (χ1v) is 18.1. The van der Waals surface area contributed by atoms with Crippen LogP contribution in [-0.2, 0) is 22.5 Å². The normalized spacial score (nSPS) is 25.0. The number of methoxy groups -OCH3 is 1. The van der Waals surface area contributed by atoms with Crippen LogP contribution in [0.4, 0.5) is 0 Å². The Morgan fingerprint density at radius 3 is 2.38 bits per heavy atom. The zero-order chi connectivity index (χ0) is 28.0. The number of aliphatic hydroxyl groups is 1. The number of benzene rings is 2. The molecule has 0 aliphatic carbocycles. The molecule has 1 N–H and O–H groups in total. The van der Waals surface area contributed by atoms with Crippen LogP contribution in [0.5, 0.6) is 5.75 Å². The van der Waals surface area contributed by atoms with Gasteiger partial charge in [-0.05, 0) is 47.6 Å². The summed E-state index contributed by atoms with van der Waals surface area (Å²) in [6.45, 7) is 10.0. The van der Waals surface area contributed by atoms with Crippen LogP contribution >= 0.6 is 0 Å². The topological polar surface area (TPSA) is 59.0 Å². The van der Waals surface area contributed by atoms with Crippen LogP contribution in [-0.4, -0.2) is 56.0 Å². The van der Waals surface area contributed by atoms with Gasteiger partial charge in [-0.3, -0.25) is 4.79 Å². The van der Waals surface area contributed by atoms with Gasteiger partial charge in [0, 0.05) is 6.54 Å². The summed E-state index contributed by atoms with van der Waals surface area (Å²) < 4.78 is 12.3. The van der Waals surface area contributed by atoms with Crippen molar-refractivity contribution >= 4 is 19.2 Å². The van der Waals surface area contributed by atoms with Crippen LogP contribution in [0.25, 0.3) is 0 Å². The zero-order valence-electron chi connectivity index (χ0n) is 24.7. The summed E-state index contributed by atoms with van der Waals surface area (Å²) in [4.78, 5) is 15.8. The van der Waals surface area contributed by atoms with Crippen LogP contribution in [0.15, 0.2) is 48.5 Å². The lowest BCUT2D eigenvalue weighted by molar-refractivity contribution is -0.138. The molecule has 2 aliphatic heterocycles. The van der Waals surface area contributed by atoms with E-state index in [-0.39, 0.29) is 30.8 Å². The minimum absolute atomic E-state index is 0.0160. The molecule has 0 aromatic heterocycles. The van der Waals surface area contributed by atoms with Crippen LogP contribution < -0.4 is 9.92 Å². The van der Waals surface area contributed by atoms with Crippen LogP contribution in [0, 0.1) is 5.92 Å². The maximum Gasteiger partial charge on any atom is 0.225 e. The van der Waals surface area contributed by atoms with Crippen molar-refractivity contribution in [1.82, 2.24) is 4.90 Å². The van der Waals surface area contributed by atoms with Gasteiger partial charge in [0.25, 0.3) is 0 Å². The summed E-state index contributed by atoms with van der Waals surface area (Å²) >= 11 is 0. The quantitative estimate of drug-likeness (QED) is 0.257. The molecule has 5 atom stereocenters. The van der Waals surface area contributed by atoms with E-state index in [9.17, 15) is 9.90 Å². The Labute approximate surface area is 236 Å². The second-order valence-electron chi connectivity index (χ2n) is 12.3. The molecular weight excluding hydrogens is 502 g/mol. The number of rotatable bonds is 12. The van der Waals surface area contributed by atoms with Crippen molar-refractivity contribution in [2.24, 2.45) is 5.92 Å². The van der Waals surface area contributed by atoms with Crippen molar-refractivity contribution in [3.05, 3.63) is 59.7 Å². The smallest absolute Gasteiger partial charge is 0.225 e. The predicted octanol–water partition coefficient (Wildman–Crippen LogP) is 6.08. The molecular formula is C33H49NO4Si. The van der Waals surface area contributed by atoms with Crippen molar-refractivity contribution in [2.45, 2.75) is 109 Å². The molecule has 0 spiro atoms. The lowest BCUT2D eigenvalue weighted by Gasteiger charge is -2.39. The molecule has 1 fully saturated rings. The minimum Gasteiger partial charge on any atom is -0.497 e. The Kier molecular flexibility index (Phi) is 10.3. The fraction of sp³-hybridized carbons (Fsp3) is 0.606. The molecule has 39 heavy (non-hydrogen) atoms. The second kappa shape index (κ2) is 13.5. The summed E-state index contributed by atoms with van der Waals surface area (Å²) in [5.41, 5.74) is 2.76. The van der Waals surface area contributed by atoms with E-state index in [2.05, 4.69) is 63.3 Å². The summed E-state index contributed by atoms with van der Waals surface area (Å²) in [5, 5.41) is 11.6. The SMILES string of the molecule is CCCCCCC[C@H]1O[C@@H](CC(=O)N2Cc3ccccc3C[C@H]2CO)[C@H]([Si](C)(C)c2ccc(OC)cc2)[C@H]1C. The Morgan fingerprint density at radius 2 is 1.72 bits per heavy atom. The summed E-state index contributed by atoms with van der Waals surface area (Å²) in [6, 6.07) is 16.7. The van der Waals surface area contributed by atoms with Crippen molar-refractivity contribution in [3.63, 3.8) is 0 Å². The van der Waals surface area contributed by atoms with E-state index in [1.165, 1.54) is 48.4 Å². The molecule has 214 valence electrons. The average Bonchev–Trinajstić information content (AvgIpc) is 3.26. The molecule has 1 amide bonds. The fourth-order valence-corrected chi connectivity index (χ4v) is 11.2.